The second-order valence-corrected chi connectivity index (χ2v) is 8.71. The van der Waals surface area contributed by atoms with Crippen molar-refractivity contribution in [2.24, 2.45) is 0 Å². The lowest BCUT2D eigenvalue weighted by Gasteiger charge is -2.11. The molecule has 0 bridgehead atoms. The van der Waals surface area contributed by atoms with Gasteiger partial charge in [0.15, 0.2) is 5.65 Å². The van der Waals surface area contributed by atoms with E-state index in [1.165, 1.54) is 5.56 Å². The molecule has 0 atom stereocenters. The third-order valence-electron chi connectivity index (χ3n) is 6.18. The molecule has 0 saturated heterocycles. The van der Waals surface area contributed by atoms with Crippen LogP contribution in [0, 0.1) is 6.92 Å². The Labute approximate surface area is 215 Å². The lowest BCUT2D eigenvalue weighted by Crippen LogP contribution is -2.23. The van der Waals surface area contributed by atoms with Crippen molar-refractivity contribution in [2.45, 2.75) is 20.4 Å². The van der Waals surface area contributed by atoms with Gasteiger partial charge in [0.1, 0.15) is 11.5 Å². The van der Waals surface area contributed by atoms with E-state index in [1.54, 1.807) is 7.11 Å². The molecule has 3 aromatic carbocycles. The number of rotatable bonds is 8. The fourth-order valence-corrected chi connectivity index (χ4v) is 4.19. The topological polar surface area (TPSA) is 89.1 Å². The number of ether oxygens (including phenoxy) is 2. The van der Waals surface area contributed by atoms with E-state index in [4.69, 9.17) is 14.5 Å². The fraction of sp³-hybridized carbons (Fsp3) is 0.167. The molecule has 0 fully saturated rings. The van der Waals surface area contributed by atoms with Crippen LogP contribution in [0.25, 0.3) is 33.5 Å². The van der Waals surface area contributed by atoms with E-state index < -0.39 is 0 Å². The number of fused-ring (bicyclic) bond motifs is 1. The minimum atomic E-state index is -0.198. The van der Waals surface area contributed by atoms with Crippen molar-refractivity contribution < 1.29 is 14.3 Å². The summed E-state index contributed by atoms with van der Waals surface area (Å²) < 4.78 is 10.9. The summed E-state index contributed by atoms with van der Waals surface area (Å²) in [5, 5.41) is 11.3. The highest BCUT2D eigenvalue weighted by Crippen LogP contribution is 2.32. The number of hydrogen-bond acceptors (Lipinski definition) is 5. The molecule has 0 radical (unpaired) electrons. The van der Waals surface area contributed by atoms with Crippen molar-refractivity contribution in [1.29, 1.82) is 0 Å². The molecule has 5 rings (SSSR count). The van der Waals surface area contributed by atoms with Gasteiger partial charge in [0.25, 0.3) is 5.91 Å². The number of benzene rings is 3. The summed E-state index contributed by atoms with van der Waals surface area (Å²) in [7, 11) is 1.63. The van der Waals surface area contributed by atoms with Gasteiger partial charge in [-0.05, 0) is 74.0 Å². The predicted octanol–water partition coefficient (Wildman–Crippen LogP) is 5.94. The molecule has 0 aliphatic rings. The zero-order valence-electron chi connectivity index (χ0n) is 21.0. The number of amides is 1. The quantitative estimate of drug-likeness (QED) is 0.280. The fourth-order valence-electron chi connectivity index (χ4n) is 4.19. The van der Waals surface area contributed by atoms with Gasteiger partial charge >= 0.3 is 0 Å². The maximum atomic E-state index is 13.6. The molecule has 0 spiro atoms. The smallest absolute Gasteiger partial charge is 0.252 e. The second-order valence-electron chi connectivity index (χ2n) is 8.71. The van der Waals surface area contributed by atoms with Gasteiger partial charge in [-0.3, -0.25) is 9.89 Å². The highest BCUT2D eigenvalue weighted by atomic mass is 16.5. The Morgan fingerprint density at radius 1 is 0.919 bits per heavy atom. The van der Waals surface area contributed by atoms with Crippen molar-refractivity contribution in [1.82, 2.24) is 20.5 Å². The molecule has 2 heterocycles. The Morgan fingerprint density at radius 3 is 2.27 bits per heavy atom. The van der Waals surface area contributed by atoms with Gasteiger partial charge in [-0.1, -0.05) is 29.8 Å². The summed E-state index contributed by atoms with van der Waals surface area (Å²) in [6.45, 7) is 4.99. The standard InChI is InChI=1S/C30H28N4O3/c1-4-37-24-15-9-21(10-16-24)26-17-25(30(35)31-18-20-7-5-19(2)6-8-20)27-28(33-34-29(27)32-26)22-11-13-23(36-3)14-12-22/h5-17H,4,18H2,1-3H3,(H,31,35)(H,32,33,34). The van der Waals surface area contributed by atoms with E-state index in [0.717, 1.165) is 33.9 Å². The Balaban J connectivity index is 1.57. The number of nitrogens with one attached hydrogen (secondary N) is 2. The number of nitrogens with zero attached hydrogens (tertiary/aromatic N) is 2. The van der Waals surface area contributed by atoms with Crippen LogP contribution in [0.5, 0.6) is 11.5 Å². The van der Waals surface area contributed by atoms with Crippen molar-refractivity contribution in [2.75, 3.05) is 13.7 Å². The van der Waals surface area contributed by atoms with E-state index in [2.05, 4.69) is 15.5 Å². The number of aryl methyl sites for hydroxylation is 1. The first-order valence-corrected chi connectivity index (χ1v) is 12.2. The zero-order chi connectivity index (χ0) is 25.8. The molecule has 2 N–H and O–H groups in total. The summed E-state index contributed by atoms with van der Waals surface area (Å²) >= 11 is 0. The number of methoxy groups -OCH3 is 1. The van der Waals surface area contributed by atoms with E-state index in [-0.39, 0.29) is 5.91 Å². The minimum absolute atomic E-state index is 0.198. The molecule has 186 valence electrons. The van der Waals surface area contributed by atoms with Crippen LogP contribution in [0.15, 0.2) is 78.9 Å². The van der Waals surface area contributed by atoms with Crippen molar-refractivity contribution in [3.63, 3.8) is 0 Å². The lowest BCUT2D eigenvalue weighted by atomic mass is 10.0. The predicted molar refractivity (Wildman–Crippen MR) is 145 cm³/mol. The first kappa shape index (κ1) is 24.1. The van der Waals surface area contributed by atoms with E-state index in [1.807, 2.05) is 92.7 Å². The van der Waals surface area contributed by atoms with E-state index in [0.29, 0.717) is 35.4 Å². The van der Waals surface area contributed by atoms with Gasteiger partial charge < -0.3 is 14.8 Å². The molecule has 0 unspecified atom stereocenters. The Bertz CT molecular complexity index is 1520. The van der Waals surface area contributed by atoms with Crippen LogP contribution in [0.3, 0.4) is 0 Å². The van der Waals surface area contributed by atoms with Crippen LogP contribution < -0.4 is 14.8 Å². The number of hydrogen-bond donors (Lipinski definition) is 2. The van der Waals surface area contributed by atoms with Gasteiger partial charge in [0.2, 0.25) is 0 Å². The van der Waals surface area contributed by atoms with Crippen molar-refractivity contribution >= 4 is 16.9 Å². The molecular formula is C30H28N4O3. The number of carbonyl (C=O) groups is 1. The number of aromatic amines is 1. The third kappa shape index (κ3) is 5.16. The normalized spacial score (nSPS) is 10.9. The molecule has 37 heavy (non-hydrogen) atoms. The first-order valence-electron chi connectivity index (χ1n) is 12.2. The SMILES string of the molecule is CCOc1ccc(-c2cc(C(=O)NCc3ccc(C)cc3)c3c(-c4ccc(OC)cc4)[nH]nc3n2)cc1. The molecule has 7 heteroatoms. The Morgan fingerprint density at radius 2 is 1.59 bits per heavy atom. The molecule has 0 saturated carbocycles. The van der Waals surface area contributed by atoms with Gasteiger partial charge in [-0.15, -0.1) is 0 Å². The minimum Gasteiger partial charge on any atom is -0.497 e. The molecule has 0 aliphatic heterocycles. The van der Waals surface area contributed by atoms with Crippen LogP contribution in [0.4, 0.5) is 0 Å². The third-order valence-corrected chi connectivity index (χ3v) is 6.18. The van der Waals surface area contributed by atoms with Crippen molar-refractivity contribution in [3.8, 4) is 34.0 Å². The maximum Gasteiger partial charge on any atom is 0.252 e. The number of pyridine rings is 1. The second kappa shape index (κ2) is 10.5. The first-order chi connectivity index (χ1) is 18.1. The summed E-state index contributed by atoms with van der Waals surface area (Å²) in [6.07, 6.45) is 0. The maximum absolute atomic E-state index is 13.6. The summed E-state index contributed by atoms with van der Waals surface area (Å²) in [5.74, 6) is 1.33. The average molecular weight is 493 g/mol. The monoisotopic (exact) mass is 492 g/mol. The number of H-pyrrole nitrogens is 1. The Hall–Kier alpha value is -4.65. The number of aromatic nitrogens is 3. The molecule has 0 aliphatic carbocycles. The van der Waals surface area contributed by atoms with Crippen LogP contribution in [-0.2, 0) is 6.54 Å². The van der Waals surface area contributed by atoms with Gasteiger partial charge in [-0.2, -0.15) is 5.10 Å². The van der Waals surface area contributed by atoms with Gasteiger partial charge in [0, 0.05) is 17.7 Å². The molecule has 5 aromatic rings. The van der Waals surface area contributed by atoms with Crippen LogP contribution in [0.2, 0.25) is 0 Å². The van der Waals surface area contributed by atoms with E-state index >= 15 is 0 Å². The summed E-state index contributed by atoms with van der Waals surface area (Å²) in [5.41, 5.74) is 6.30. The lowest BCUT2D eigenvalue weighted by molar-refractivity contribution is 0.0952. The zero-order valence-corrected chi connectivity index (χ0v) is 21.0. The van der Waals surface area contributed by atoms with Crippen LogP contribution in [-0.4, -0.2) is 34.8 Å². The van der Waals surface area contributed by atoms with Crippen LogP contribution in [0.1, 0.15) is 28.4 Å². The molecule has 7 nitrogen and oxygen atoms in total. The van der Waals surface area contributed by atoms with Gasteiger partial charge in [-0.25, -0.2) is 4.98 Å². The summed E-state index contributed by atoms with van der Waals surface area (Å²) in [4.78, 5) is 18.4. The molecule has 1 amide bonds. The molecule has 2 aromatic heterocycles. The highest BCUT2D eigenvalue weighted by Gasteiger charge is 2.20. The largest absolute Gasteiger partial charge is 0.497 e. The number of carbonyl (C=O) groups excluding carboxylic acids is 1. The average Bonchev–Trinajstić information content (AvgIpc) is 3.37. The highest BCUT2D eigenvalue weighted by molar-refractivity contribution is 6.11. The summed E-state index contributed by atoms with van der Waals surface area (Å²) in [6, 6.07) is 25.2. The van der Waals surface area contributed by atoms with E-state index in [9.17, 15) is 4.79 Å². The van der Waals surface area contributed by atoms with Gasteiger partial charge in [0.05, 0.1) is 36.1 Å². The van der Waals surface area contributed by atoms with Crippen molar-refractivity contribution in [3.05, 3.63) is 95.6 Å². The molecular weight excluding hydrogens is 464 g/mol. The van der Waals surface area contributed by atoms with Crippen LogP contribution >= 0.6 is 0 Å². The Kier molecular flexibility index (Phi) is 6.85.